The second kappa shape index (κ2) is 12.1. The molecular weight excluding hydrogens is 466 g/mol. The summed E-state index contributed by atoms with van der Waals surface area (Å²) in [6.45, 7) is 8.98. The number of amides is 1. The number of hydrogen-bond donors (Lipinski definition) is 1. The van der Waals surface area contributed by atoms with Crippen molar-refractivity contribution in [2.75, 3.05) is 46.1 Å². The SMILES string of the molecule is CCCCN(CCN)C(=O)CN1CC([C@H]2C=C3CCOC3=CC2)C[C@@H]1CCC1=CC(C)CC2=C1OCO2. The third-order valence-electron chi connectivity index (χ3n) is 8.69. The van der Waals surface area contributed by atoms with Crippen LogP contribution in [0.4, 0.5) is 0 Å². The van der Waals surface area contributed by atoms with E-state index in [1.807, 2.05) is 4.90 Å². The van der Waals surface area contributed by atoms with Gasteiger partial charge in [0.1, 0.15) is 11.5 Å². The lowest BCUT2D eigenvalue weighted by molar-refractivity contribution is -0.132. The molecule has 4 atom stereocenters. The van der Waals surface area contributed by atoms with Crippen LogP contribution in [0.25, 0.3) is 0 Å². The van der Waals surface area contributed by atoms with E-state index in [-0.39, 0.29) is 5.91 Å². The fraction of sp³-hybridized carbons (Fsp3) is 0.700. The predicted octanol–water partition coefficient (Wildman–Crippen LogP) is 4.48. The standard InChI is InChI=1S/C30H45N3O4/c1-3-4-11-32(12-10-31)29(34)19-33-18-25(22-6-8-27-23(16-22)9-13-35-27)17-26(33)7-5-24-14-21(2)15-28-30(24)37-20-36-28/h8,14,16,21-22,25-26H,3-7,9-13,15,17-20,31H2,1-2H3/t21?,22-,25?,26+/m1/s1. The average molecular weight is 512 g/mol. The second-order valence-corrected chi connectivity index (χ2v) is 11.4. The van der Waals surface area contributed by atoms with E-state index in [0.29, 0.717) is 50.2 Å². The van der Waals surface area contributed by atoms with Crippen LogP contribution in [0.2, 0.25) is 0 Å². The summed E-state index contributed by atoms with van der Waals surface area (Å²) in [5.41, 5.74) is 8.52. The maximum atomic E-state index is 13.4. The van der Waals surface area contributed by atoms with Gasteiger partial charge in [-0.2, -0.15) is 0 Å². The Hall–Kier alpha value is -2.25. The first-order chi connectivity index (χ1) is 18.1. The molecule has 5 rings (SSSR count). The molecule has 0 spiro atoms. The third kappa shape index (κ3) is 6.09. The summed E-state index contributed by atoms with van der Waals surface area (Å²) in [6, 6.07) is 0.382. The lowest BCUT2D eigenvalue weighted by Gasteiger charge is -2.29. The minimum absolute atomic E-state index is 0.223. The second-order valence-electron chi connectivity index (χ2n) is 11.4. The van der Waals surface area contributed by atoms with Crippen molar-refractivity contribution in [2.24, 2.45) is 23.5 Å². The lowest BCUT2D eigenvalue weighted by Crippen LogP contribution is -2.44. The molecule has 7 nitrogen and oxygen atoms in total. The van der Waals surface area contributed by atoms with E-state index in [1.54, 1.807) is 0 Å². The topological polar surface area (TPSA) is 77.3 Å². The van der Waals surface area contributed by atoms with Crippen LogP contribution in [0.3, 0.4) is 0 Å². The van der Waals surface area contributed by atoms with Gasteiger partial charge < -0.3 is 24.8 Å². The van der Waals surface area contributed by atoms with Gasteiger partial charge in [-0.05, 0) is 67.1 Å². The van der Waals surface area contributed by atoms with Crippen LogP contribution in [0.15, 0.2) is 46.7 Å². The zero-order chi connectivity index (χ0) is 25.8. The summed E-state index contributed by atoms with van der Waals surface area (Å²) in [7, 11) is 0. The molecule has 0 bridgehead atoms. The van der Waals surface area contributed by atoms with Crippen molar-refractivity contribution in [3.8, 4) is 0 Å². The predicted molar refractivity (Wildman–Crippen MR) is 144 cm³/mol. The number of carbonyl (C=O) groups excluding carboxylic acids is 1. The molecule has 2 aliphatic carbocycles. The Kier molecular flexibility index (Phi) is 8.60. The van der Waals surface area contributed by atoms with Gasteiger partial charge in [0.15, 0.2) is 5.76 Å². The minimum Gasteiger partial charge on any atom is -0.493 e. The van der Waals surface area contributed by atoms with Crippen LogP contribution in [0.5, 0.6) is 0 Å². The smallest absolute Gasteiger partial charge is 0.236 e. The Labute approximate surface area is 222 Å². The Morgan fingerprint density at radius 1 is 1.22 bits per heavy atom. The fourth-order valence-corrected chi connectivity index (χ4v) is 6.73. The molecule has 7 heteroatoms. The van der Waals surface area contributed by atoms with Crippen molar-refractivity contribution in [3.05, 3.63) is 46.7 Å². The Morgan fingerprint density at radius 3 is 2.95 bits per heavy atom. The number of rotatable bonds is 11. The number of unbranched alkanes of at least 4 members (excludes halogenated alkanes) is 1. The molecule has 37 heavy (non-hydrogen) atoms. The van der Waals surface area contributed by atoms with Crippen molar-refractivity contribution >= 4 is 5.91 Å². The molecule has 204 valence electrons. The number of carbonyl (C=O) groups is 1. The highest BCUT2D eigenvalue weighted by molar-refractivity contribution is 5.78. The summed E-state index contributed by atoms with van der Waals surface area (Å²) in [4.78, 5) is 17.9. The molecule has 0 aromatic carbocycles. The third-order valence-corrected chi connectivity index (χ3v) is 8.69. The zero-order valence-corrected chi connectivity index (χ0v) is 22.8. The van der Waals surface area contributed by atoms with E-state index >= 15 is 0 Å². The number of fused-ring (bicyclic) bond motifs is 1. The van der Waals surface area contributed by atoms with Crippen molar-refractivity contribution in [2.45, 2.75) is 71.3 Å². The van der Waals surface area contributed by atoms with E-state index in [4.69, 9.17) is 19.9 Å². The number of allylic oxidation sites excluding steroid dienone is 6. The Balaban J connectivity index is 1.28. The van der Waals surface area contributed by atoms with Gasteiger partial charge in [-0.15, -0.1) is 0 Å². The number of nitrogens with two attached hydrogens (primary N) is 1. The average Bonchev–Trinajstić information content (AvgIpc) is 3.64. The van der Waals surface area contributed by atoms with E-state index in [2.05, 4.69) is 37.0 Å². The van der Waals surface area contributed by atoms with Gasteiger partial charge in [0, 0.05) is 45.1 Å². The van der Waals surface area contributed by atoms with Gasteiger partial charge in [0.25, 0.3) is 0 Å². The van der Waals surface area contributed by atoms with Crippen molar-refractivity contribution in [1.29, 1.82) is 0 Å². The van der Waals surface area contributed by atoms with Crippen LogP contribution in [-0.2, 0) is 19.0 Å². The first-order valence-corrected chi connectivity index (χ1v) is 14.5. The van der Waals surface area contributed by atoms with Crippen LogP contribution >= 0.6 is 0 Å². The quantitative estimate of drug-likeness (QED) is 0.441. The van der Waals surface area contributed by atoms with Gasteiger partial charge in [0.2, 0.25) is 12.7 Å². The van der Waals surface area contributed by atoms with Gasteiger partial charge in [-0.25, -0.2) is 0 Å². The highest BCUT2D eigenvalue weighted by Crippen LogP contribution is 2.41. The maximum absolute atomic E-state index is 13.4. The van der Waals surface area contributed by atoms with Crippen LogP contribution < -0.4 is 5.73 Å². The van der Waals surface area contributed by atoms with Gasteiger partial charge >= 0.3 is 0 Å². The summed E-state index contributed by atoms with van der Waals surface area (Å²) in [5, 5.41) is 0. The fourth-order valence-electron chi connectivity index (χ4n) is 6.73. The molecule has 2 unspecified atom stereocenters. The molecule has 5 aliphatic rings. The number of hydrogen-bond acceptors (Lipinski definition) is 6. The number of ether oxygens (including phenoxy) is 3. The van der Waals surface area contributed by atoms with Crippen molar-refractivity contribution < 1.29 is 19.0 Å². The molecule has 0 aromatic rings. The van der Waals surface area contributed by atoms with E-state index in [9.17, 15) is 4.79 Å². The molecule has 3 aliphatic heterocycles. The van der Waals surface area contributed by atoms with Crippen molar-refractivity contribution in [3.63, 3.8) is 0 Å². The molecule has 2 fully saturated rings. The van der Waals surface area contributed by atoms with Gasteiger partial charge in [-0.1, -0.05) is 32.4 Å². The molecule has 0 aromatic heterocycles. The highest BCUT2D eigenvalue weighted by Gasteiger charge is 2.38. The van der Waals surface area contributed by atoms with E-state index in [0.717, 1.165) is 88.3 Å². The minimum atomic E-state index is 0.223. The maximum Gasteiger partial charge on any atom is 0.236 e. The summed E-state index contributed by atoms with van der Waals surface area (Å²) in [5.74, 6) is 4.87. The molecule has 2 N–H and O–H groups in total. The first-order valence-electron chi connectivity index (χ1n) is 14.5. The Bertz CT molecular complexity index is 968. The Morgan fingerprint density at radius 2 is 2.11 bits per heavy atom. The highest BCUT2D eigenvalue weighted by atomic mass is 16.7. The first kappa shape index (κ1) is 26.4. The van der Waals surface area contributed by atoms with Gasteiger partial charge in [0.05, 0.1) is 13.2 Å². The summed E-state index contributed by atoms with van der Waals surface area (Å²) in [6.07, 6.45) is 15.3. The molecule has 2 saturated heterocycles. The summed E-state index contributed by atoms with van der Waals surface area (Å²) >= 11 is 0. The van der Waals surface area contributed by atoms with E-state index in [1.165, 1.54) is 11.1 Å². The normalized spacial score (nSPS) is 29.0. The molecule has 0 radical (unpaired) electrons. The molecule has 1 amide bonds. The van der Waals surface area contributed by atoms with Crippen LogP contribution in [0, 0.1) is 17.8 Å². The van der Waals surface area contributed by atoms with Crippen LogP contribution in [0.1, 0.15) is 65.2 Å². The van der Waals surface area contributed by atoms with Crippen LogP contribution in [-0.4, -0.2) is 67.9 Å². The van der Waals surface area contributed by atoms with E-state index < -0.39 is 0 Å². The van der Waals surface area contributed by atoms with Crippen molar-refractivity contribution in [1.82, 2.24) is 9.80 Å². The lowest BCUT2D eigenvalue weighted by atomic mass is 9.82. The molecule has 0 saturated carbocycles. The zero-order valence-electron chi connectivity index (χ0n) is 22.8. The largest absolute Gasteiger partial charge is 0.493 e. The molecule has 3 heterocycles. The number of nitrogens with zero attached hydrogens (tertiary/aromatic N) is 2. The molecular formula is C30H45N3O4. The van der Waals surface area contributed by atoms with Gasteiger partial charge in [-0.3, -0.25) is 9.69 Å². The summed E-state index contributed by atoms with van der Waals surface area (Å²) < 4.78 is 17.4. The monoisotopic (exact) mass is 511 g/mol. The number of likely N-dealkylation sites (tertiary alicyclic amines) is 1.